The summed E-state index contributed by atoms with van der Waals surface area (Å²) >= 11 is 1.47. The third-order valence-corrected chi connectivity index (χ3v) is 4.56. The monoisotopic (exact) mass is 326 g/mol. The van der Waals surface area contributed by atoms with E-state index in [1.807, 2.05) is 57.2 Å². The van der Waals surface area contributed by atoms with Crippen molar-refractivity contribution in [2.45, 2.75) is 20.8 Å². The molecular weight excluding hydrogens is 308 g/mol. The summed E-state index contributed by atoms with van der Waals surface area (Å²) in [4.78, 5) is 16.6. The molecule has 23 heavy (non-hydrogen) atoms. The van der Waals surface area contributed by atoms with Crippen molar-refractivity contribution >= 4 is 32.6 Å². The van der Waals surface area contributed by atoms with Crippen molar-refractivity contribution in [2.24, 2.45) is 0 Å². The van der Waals surface area contributed by atoms with Gasteiger partial charge in [0.1, 0.15) is 5.75 Å². The molecule has 118 valence electrons. The number of fused-ring (bicyclic) bond motifs is 1. The molecule has 0 saturated heterocycles. The molecule has 1 aromatic heterocycles. The molecule has 5 heteroatoms. The van der Waals surface area contributed by atoms with Crippen LogP contribution in [0.2, 0.25) is 0 Å². The average Bonchev–Trinajstić information content (AvgIpc) is 2.90. The number of benzene rings is 2. The molecule has 0 unspecified atom stereocenters. The highest BCUT2D eigenvalue weighted by Gasteiger charge is 2.11. The molecule has 0 atom stereocenters. The highest BCUT2D eigenvalue weighted by Crippen LogP contribution is 2.28. The van der Waals surface area contributed by atoms with Gasteiger partial charge < -0.3 is 4.74 Å². The lowest BCUT2D eigenvalue weighted by atomic mass is 10.1. The summed E-state index contributed by atoms with van der Waals surface area (Å²) in [6.45, 7) is 5.92. The molecule has 2 aromatic carbocycles. The van der Waals surface area contributed by atoms with Gasteiger partial charge >= 0.3 is 0 Å². The Kier molecular flexibility index (Phi) is 4.30. The molecule has 3 aromatic rings. The Morgan fingerprint density at radius 3 is 2.43 bits per heavy atom. The van der Waals surface area contributed by atoms with Crippen LogP contribution < -0.4 is 10.1 Å². The Labute approximate surface area is 139 Å². The van der Waals surface area contributed by atoms with Crippen LogP contribution >= 0.6 is 11.3 Å². The molecule has 0 spiro atoms. The third kappa shape index (κ3) is 3.35. The Morgan fingerprint density at radius 1 is 1.09 bits per heavy atom. The topological polar surface area (TPSA) is 51.2 Å². The molecule has 3 rings (SSSR count). The number of amides is 1. The van der Waals surface area contributed by atoms with E-state index in [1.165, 1.54) is 11.3 Å². The number of nitrogens with zero attached hydrogens (tertiary/aromatic N) is 1. The van der Waals surface area contributed by atoms with Crippen LogP contribution in [0.15, 0.2) is 36.4 Å². The predicted molar refractivity (Wildman–Crippen MR) is 94.4 cm³/mol. The second-order valence-electron chi connectivity index (χ2n) is 5.50. The number of aryl methyl sites for hydroxylation is 3. The zero-order chi connectivity index (χ0) is 16.4. The van der Waals surface area contributed by atoms with E-state index < -0.39 is 0 Å². The van der Waals surface area contributed by atoms with Crippen molar-refractivity contribution < 1.29 is 9.53 Å². The van der Waals surface area contributed by atoms with Crippen molar-refractivity contribution in [1.29, 1.82) is 0 Å². The van der Waals surface area contributed by atoms with Crippen molar-refractivity contribution in [3.05, 3.63) is 53.1 Å². The fraction of sp³-hybridized carbons (Fsp3) is 0.222. The van der Waals surface area contributed by atoms with Gasteiger partial charge in [-0.3, -0.25) is 10.1 Å². The van der Waals surface area contributed by atoms with Gasteiger partial charge in [-0.25, -0.2) is 4.98 Å². The number of anilines is 1. The lowest BCUT2D eigenvalue weighted by Gasteiger charge is -2.11. The van der Waals surface area contributed by atoms with Gasteiger partial charge in [-0.15, -0.1) is 0 Å². The van der Waals surface area contributed by atoms with Gasteiger partial charge in [-0.05, 0) is 43.5 Å². The summed E-state index contributed by atoms with van der Waals surface area (Å²) in [7, 11) is 0. The van der Waals surface area contributed by atoms with E-state index in [-0.39, 0.29) is 12.5 Å². The molecule has 0 saturated carbocycles. The first-order valence-electron chi connectivity index (χ1n) is 7.39. The maximum atomic E-state index is 12.1. The second-order valence-corrected chi connectivity index (χ2v) is 6.53. The zero-order valence-electron chi connectivity index (χ0n) is 13.3. The molecule has 1 N–H and O–H groups in total. The standard InChI is InChI=1S/C18H18N2O2S/c1-11-6-5-9-14-16(11)20-18(23-14)19-15(21)10-22-17-12(2)7-4-8-13(17)3/h4-9H,10H2,1-3H3,(H,19,20,21). The third-order valence-electron chi connectivity index (χ3n) is 3.62. The van der Waals surface area contributed by atoms with Crippen LogP contribution in [0.1, 0.15) is 16.7 Å². The quantitative estimate of drug-likeness (QED) is 0.780. The number of para-hydroxylation sites is 2. The maximum Gasteiger partial charge on any atom is 0.264 e. The highest BCUT2D eigenvalue weighted by atomic mass is 32.1. The summed E-state index contributed by atoms with van der Waals surface area (Å²) in [5, 5.41) is 3.41. The molecule has 1 heterocycles. The summed E-state index contributed by atoms with van der Waals surface area (Å²) in [5.41, 5.74) is 4.08. The number of ether oxygens (including phenoxy) is 1. The van der Waals surface area contributed by atoms with Gasteiger partial charge in [0.05, 0.1) is 10.2 Å². The van der Waals surface area contributed by atoms with Gasteiger partial charge in [-0.2, -0.15) is 0 Å². The van der Waals surface area contributed by atoms with Crippen LogP contribution in [-0.2, 0) is 4.79 Å². The normalized spacial score (nSPS) is 10.7. The first-order chi connectivity index (χ1) is 11.0. The van der Waals surface area contributed by atoms with Crippen LogP contribution in [0.25, 0.3) is 10.2 Å². The molecule has 0 fully saturated rings. The molecule has 0 aliphatic rings. The molecule has 0 aliphatic carbocycles. The van der Waals surface area contributed by atoms with Crippen molar-refractivity contribution in [1.82, 2.24) is 4.98 Å². The van der Waals surface area contributed by atoms with E-state index in [4.69, 9.17) is 4.74 Å². The molecular formula is C18H18N2O2S. The second kappa shape index (κ2) is 6.38. The molecule has 0 bridgehead atoms. The minimum atomic E-state index is -0.204. The maximum absolute atomic E-state index is 12.1. The van der Waals surface area contributed by atoms with Crippen LogP contribution in [0, 0.1) is 20.8 Å². The van der Waals surface area contributed by atoms with Crippen molar-refractivity contribution in [3.8, 4) is 5.75 Å². The molecule has 0 radical (unpaired) electrons. The highest BCUT2D eigenvalue weighted by molar-refractivity contribution is 7.22. The number of hydrogen-bond donors (Lipinski definition) is 1. The number of aromatic nitrogens is 1. The summed E-state index contributed by atoms with van der Waals surface area (Å²) < 4.78 is 6.73. The van der Waals surface area contributed by atoms with Crippen LogP contribution in [0.4, 0.5) is 5.13 Å². The van der Waals surface area contributed by atoms with Crippen molar-refractivity contribution in [2.75, 3.05) is 11.9 Å². The number of thiazole rings is 1. The van der Waals surface area contributed by atoms with E-state index in [1.54, 1.807) is 0 Å². The minimum Gasteiger partial charge on any atom is -0.483 e. The van der Waals surface area contributed by atoms with E-state index in [2.05, 4.69) is 10.3 Å². The predicted octanol–water partition coefficient (Wildman–Crippen LogP) is 4.24. The van der Waals surface area contributed by atoms with Gasteiger partial charge in [0.15, 0.2) is 11.7 Å². The lowest BCUT2D eigenvalue weighted by Crippen LogP contribution is -2.20. The fourth-order valence-corrected chi connectivity index (χ4v) is 3.42. The summed E-state index contributed by atoms with van der Waals surface area (Å²) in [6, 6.07) is 11.9. The van der Waals surface area contributed by atoms with E-state index in [0.29, 0.717) is 5.13 Å². The minimum absolute atomic E-state index is 0.0272. The Hall–Kier alpha value is -2.40. The SMILES string of the molecule is Cc1cccc(C)c1OCC(=O)Nc1nc2c(C)cccc2s1. The number of carbonyl (C=O) groups is 1. The van der Waals surface area contributed by atoms with Crippen LogP contribution in [-0.4, -0.2) is 17.5 Å². The fourth-order valence-electron chi connectivity index (χ4n) is 2.46. The molecule has 4 nitrogen and oxygen atoms in total. The van der Waals surface area contributed by atoms with E-state index in [0.717, 1.165) is 32.7 Å². The van der Waals surface area contributed by atoms with Gasteiger partial charge in [0, 0.05) is 0 Å². The Balaban J connectivity index is 1.68. The van der Waals surface area contributed by atoms with E-state index in [9.17, 15) is 4.79 Å². The number of carbonyl (C=O) groups excluding carboxylic acids is 1. The van der Waals surface area contributed by atoms with Gasteiger partial charge in [0.25, 0.3) is 5.91 Å². The van der Waals surface area contributed by atoms with Gasteiger partial charge in [0.2, 0.25) is 0 Å². The summed E-state index contributed by atoms with van der Waals surface area (Å²) in [5.74, 6) is 0.562. The van der Waals surface area contributed by atoms with Crippen LogP contribution in [0.3, 0.4) is 0 Å². The van der Waals surface area contributed by atoms with Crippen LogP contribution in [0.5, 0.6) is 5.75 Å². The molecule has 0 aliphatic heterocycles. The average molecular weight is 326 g/mol. The number of nitrogens with one attached hydrogen (secondary N) is 1. The number of hydrogen-bond acceptors (Lipinski definition) is 4. The zero-order valence-corrected chi connectivity index (χ0v) is 14.2. The van der Waals surface area contributed by atoms with Gasteiger partial charge in [-0.1, -0.05) is 41.7 Å². The summed E-state index contributed by atoms with van der Waals surface area (Å²) in [6.07, 6.45) is 0. The first kappa shape index (κ1) is 15.5. The van der Waals surface area contributed by atoms with Crippen molar-refractivity contribution in [3.63, 3.8) is 0 Å². The molecule has 1 amide bonds. The lowest BCUT2D eigenvalue weighted by molar-refractivity contribution is -0.118. The smallest absolute Gasteiger partial charge is 0.264 e. The first-order valence-corrected chi connectivity index (χ1v) is 8.21. The Morgan fingerprint density at radius 2 is 1.74 bits per heavy atom. The number of rotatable bonds is 4. The van der Waals surface area contributed by atoms with E-state index >= 15 is 0 Å². The largest absolute Gasteiger partial charge is 0.483 e. The Bertz CT molecular complexity index is 850.